The molecule has 5 rings (SSSR count). The van der Waals surface area contributed by atoms with Crippen molar-refractivity contribution in [2.75, 3.05) is 24.7 Å². The second-order valence-corrected chi connectivity index (χ2v) is 6.76. The second kappa shape index (κ2) is 4.99. The van der Waals surface area contributed by atoms with E-state index < -0.39 is 0 Å². The highest BCUT2D eigenvalue weighted by Gasteiger charge is 2.30. The summed E-state index contributed by atoms with van der Waals surface area (Å²) in [4.78, 5) is 12.0. The van der Waals surface area contributed by atoms with E-state index in [9.17, 15) is 0 Å². The van der Waals surface area contributed by atoms with Crippen molar-refractivity contribution in [3.63, 3.8) is 0 Å². The molecular formula is C16H20N6O. The summed E-state index contributed by atoms with van der Waals surface area (Å²) in [7, 11) is 0. The Morgan fingerprint density at radius 2 is 2.13 bits per heavy atom. The minimum Gasteiger partial charge on any atom is -0.377 e. The summed E-state index contributed by atoms with van der Waals surface area (Å²) in [6, 6.07) is 0.853. The van der Waals surface area contributed by atoms with Gasteiger partial charge in [-0.1, -0.05) is 5.21 Å². The number of fused-ring (bicyclic) bond motifs is 1. The summed E-state index contributed by atoms with van der Waals surface area (Å²) >= 11 is 0. The van der Waals surface area contributed by atoms with E-state index in [2.05, 4.69) is 22.1 Å². The molecule has 2 aliphatic heterocycles. The van der Waals surface area contributed by atoms with Crippen LogP contribution in [0, 0.1) is 0 Å². The van der Waals surface area contributed by atoms with Gasteiger partial charge >= 0.3 is 0 Å². The van der Waals surface area contributed by atoms with Crippen molar-refractivity contribution in [1.82, 2.24) is 25.0 Å². The molecule has 7 nitrogen and oxygen atoms in total. The standard InChI is InChI=1S/C16H20N6O/c1-10-5-6-21(10)16-17-13-4-2-3-12(13)15(18-16)14-7-22(20-19-14)11-8-23-9-11/h7,10-11H,2-6,8-9H2,1H3/t10-/m0/s1. The van der Waals surface area contributed by atoms with Crippen molar-refractivity contribution < 1.29 is 4.74 Å². The van der Waals surface area contributed by atoms with E-state index >= 15 is 0 Å². The lowest BCUT2D eigenvalue weighted by atomic mass is 10.1. The molecule has 23 heavy (non-hydrogen) atoms. The van der Waals surface area contributed by atoms with Gasteiger partial charge in [-0.3, -0.25) is 0 Å². The van der Waals surface area contributed by atoms with Crippen LogP contribution in [0.1, 0.15) is 37.1 Å². The molecule has 2 aromatic heterocycles. The molecule has 4 heterocycles. The highest BCUT2D eigenvalue weighted by atomic mass is 16.5. The molecule has 3 aliphatic rings. The van der Waals surface area contributed by atoms with Crippen molar-refractivity contribution in [3.05, 3.63) is 17.5 Å². The Balaban J connectivity index is 1.56. The van der Waals surface area contributed by atoms with Gasteiger partial charge < -0.3 is 9.64 Å². The molecule has 0 aromatic carbocycles. The Hall–Kier alpha value is -2.02. The van der Waals surface area contributed by atoms with E-state index in [1.807, 2.05) is 10.9 Å². The van der Waals surface area contributed by atoms with E-state index in [1.165, 1.54) is 17.7 Å². The van der Waals surface area contributed by atoms with Gasteiger partial charge in [-0.05, 0) is 32.6 Å². The molecule has 0 radical (unpaired) electrons. The average Bonchev–Trinajstić information content (AvgIpc) is 3.12. The maximum absolute atomic E-state index is 5.24. The molecule has 2 fully saturated rings. The van der Waals surface area contributed by atoms with E-state index in [0.29, 0.717) is 12.1 Å². The SMILES string of the molecule is C[C@H]1CCN1c1nc2c(c(-c3cn(C4COC4)nn3)n1)CCC2. The van der Waals surface area contributed by atoms with Crippen LogP contribution in [-0.2, 0) is 17.6 Å². The van der Waals surface area contributed by atoms with Gasteiger partial charge in [0.25, 0.3) is 0 Å². The van der Waals surface area contributed by atoms with Gasteiger partial charge in [0.15, 0.2) is 0 Å². The quantitative estimate of drug-likeness (QED) is 0.853. The predicted octanol–water partition coefficient (Wildman–Crippen LogP) is 1.39. The summed E-state index contributed by atoms with van der Waals surface area (Å²) in [6.07, 6.45) is 6.47. The third-order valence-corrected chi connectivity index (χ3v) is 5.25. The fourth-order valence-electron chi connectivity index (χ4n) is 3.51. The Labute approximate surface area is 134 Å². The van der Waals surface area contributed by atoms with Crippen molar-refractivity contribution in [2.45, 2.75) is 44.7 Å². The predicted molar refractivity (Wildman–Crippen MR) is 84.4 cm³/mol. The molecule has 7 heteroatoms. The molecule has 120 valence electrons. The fourth-order valence-corrected chi connectivity index (χ4v) is 3.51. The average molecular weight is 312 g/mol. The Morgan fingerprint density at radius 3 is 2.83 bits per heavy atom. The van der Waals surface area contributed by atoms with Gasteiger partial charge in [0.05, 0.1) is 19.4 Å². The number of hydrogen-bond acceptors (Lipinski definition) is 6. The second-order valence-electron chi connectivity index (χ2n) is 6.76. The summed E-state index contributed by atoms with van der Waals surface area (Å²) < 4.78 is 7.15. The fraction of sp³-hybridized carbons (Fsp3) is 0.625. The van der Waals surface area contributed by atoms with E-state index in [4.69, 9.17) is 14.7 Å². The highest BCUT2D eigenvalue weighted by Crippen LogP contribution is 2.33. The van der Waals surface area contributed by atoms with Crippen LogP contribution >= 0.6 is 0 Å². The van der Waals surface area contributed by atoms with Crippen molar-refractivity contribution >= 4 is 5.95 Å². The van der Waals surface area contributed by atoms with Gasteiger partial charge in [0.2, 0.25) is 5.95 Å². The molecule has 0 unspecified atom stereocenters. The number of hydrogen-bond donors (Lipinski definition) is 0. The van der Waals surface area contributed by atoms with E-state index in [1.54, 1.807) is 0 Å². The molecule has 2 saturated heterocycles. The summed E-state index contributed by atoms with van der Waals surface area (Å²) in [5, 5.41) is 8.66. The van der Waals surface area contributed by atoms with Gasteiger partial charge in [0.1, 0.15) is 17.4 Å². The number of aromatic nitrogens is 5. The first-order chi connectivity index (χ1) is 11.3. The number of ether oxygens (including phenoxy) is 1. The first kappa shape index (κ1) is 13.4. The Kier molecular flexibility index (Phi) is 2.91. The van der Waals surface area contributed by atoms with Crippen LogP contribution in [0.4, 0.5) is 5.95 Å². The van der Waals surface area contributed by atoms with Crippen LogP contribution in [0.5, 0.6) is 0 Å². The zero-order valence-electron chi connectivity index (χ0n) is 13.3. The molecule has 0 saturated carbocycles. The first-order valence-electron chi connectivity index (χ1n) is 8.46. The molecule has 0 spiro atoms. The van der Waals surface area contributed by atoms with Gasteiger partial charge in [-0.25, -0.2) is 14.6 Å². The topological polar surface area (TPSA) is 69.0 Å². The smallest absolute Gasteiger partial charge is 0.226 e. The number of anilines is 1. The summed E-state index contributed by atoms with van der Waals surface area (Å²) in [5.74, 6) is 0.862. The maximum Gasteiger partial charge on any atom is 0.226 e. The molecule has 1 atom stereocenters. The van der Waals surface area contributed by atoms with Crippen LogP contribution < -0.4 is 4.90 Å². The number of rotatable bonds is 3. The van der Waals surface area contributed by atoms with Crippen molar-refractivity contribution in [3.8, 4) is 11.4 Å². The van der Waals surface area contributed by atoms with E-state index in [-0.39, 0.29) is 0 Å². The molecule has 0 amide bonds. The molecule has 0 N–H and O–H groups in total. The molecule has 0 bridgehead atoms. The first-order valence-corrected chi connectivity index (χ1v) is 8.46. The van der Waals surface area contributed by atoms with Crippen molar-refractivity contribution in [1.29, 1.82) is 0 Å². The van der Waals surface area contributed by atoms with Crippen LogP contribution in [0.3, 0.4) is 0 Å². The number of nitrogens with zero attached hydrogens (tertiary/aromatic N) is 6. The monoisotopic (exact) mass is 312 g/mol. The third kappa shape index (κ3) is 2.06. The normalized spacial score (nSPS) is 23.5. The summed E-state index contributed by atoms with van der Waals surface area (Å²) in [6.45, 7) is 4.72. The maximum atomic E-state index is 5.24. The zero-order valence-corrected chi connectivity index (χ0v) is 13.3. The minimum absolute atomic E-state index is 0.320. The Bertz CT molecular complexity index is 753. The van der Waals surface area contributed by atoms with Gasteiger partial charge in [-0.15, -0.1) is 5.10 Å². The van der Waals surface area contributed by atoms with Crippen LogP contribution in [0.25, 0.3) is 11.4 Å². The van der Waals surface area contributed by atoms with E-state index in [0.717, 1.165) is 56.4 Å². The lowest BCUT2D eigenvalue weighted by molar-refractivity contribution is -0.0293. The highest BCUT2D eigenvalue weighted by molar-refractivity contribution is 5.62. The van der Waals surface area contributed by atoms with Crippen LogP contribution in [0.15, 0.2) is 6.20 Å². The van der Waals surface area contributed by atoms with Crippen molar-refractivity contribution in [2.24, 2.45) is 0 Å². The van der Waals surface area contributed by atoms with Crippen LogP contribution in [-0.4, -0.2) is 50.8 Å². The third-order valence-electron chi connectivity index (χ3n) is 5.25. The Morgan fingerprint density at radius 1 is 1.22 bits per heavy atom. The molecular weight excluding hydrogens is 292 g/mol. The number of aryl methyl sites for hydroxylation is 1. The minimum atomic E-state index is 0.320. The summed E-state index contributed by atoms with van der Waals surface area (Å²) in [5.41, 5.74) is 4.31. The molecule has 2 aromatic rings. The largest absolute Gasteiger partial charge is 0.377 e. The van der Waals surface area contributed by atoms with Gasteiger partial charge in [0, 0.05) is 23.8 Å². The zero-order chi connectivity index (χ0) is 15.4. The lowest BCUT2D eigenvalue weighted by Gasteiger charge is -2.39. The van der Waals surface area contributed by atoms with Crippen LogP contribution in [0.2, 0.25) is 0 Å². The lowest BCUT2D eigenvalue weighted by Crippen LogP contribution is -2.46. The van der Waals surface area contributed by atoms with Gasteiger partial charge in [-0.2, -0.15) is 0 Å². The molecule has 1 aliphatic carbocycles.